The highest BCUT2D eigenvalue weighted by molar-refractivity contribution is 5.94. The number of amides is 2. The average molecular weight is 287 g/mol. The van der Waals surface area contributed by atoms with Crippen LogP contribution in [-0.2, 0) is 11.3 Å². The van der Waals surface area contributed by atoms with Gasteiger partial charge in [-0.05, 0) is 17.7 Å². The lowest BCUT2D eigenvalue weighted by atomic mass is 10.1. The summed E-state index contributed by atoms with van der Waals surface area (Å²) >= 11 is 0. The molecule has 2 rings (SSSR count). The van der Waals surface area contributed by atoms with Crippen molar-refractivity contribution in [3.8, 4) is 0 Å². The lowest BCUT2D eigenvalue weighted by Crippen LogP contribution is -2.33. The van der Waals surface area contributed by atoms with Gasteiger partial charge in [0.15, 0.2) is 0 Å². The average Bonchev–Trinajstić information content (AvgIpc) is 2.97. The maximum atomic E-state index is 11.9. The number of carbonyl (C=O) groups is 2. The van der Waals surface area contributed by atoms with E-state index >= 15 is 0 Å². The molecule has 1 aromatic heterocycles. The summed E-state index contributed by atoms with van der Waals surface area (Å²) in [6, 6.07) is 7.29. The smallest absolute Gasteiger partial charge is 0.251 e. The summed E-state index contributed by atoms with van der Waals surface area (Å²) in [5.74, 6) is -0.269. The fraction of sp³-hybridized carbons (Fsp3) is 0.286. The summed E-state index contributed by atoms with van der Waals surface area (Å²) in [5, 5.41) is 9.38. The second-order valence-corrected chi connectivity index (χ2v) is 4.53. The Morgan fingerprint density at radius 1 is 1.14 bits per heavy atom. The van der Waals surface area contributed by atoms with Crippen molar-refractivity contribution in [1.29, 1.82) is 0 Å². The predicted molar refractivity (Wildman–Crippen MR) is 76.6 cm³/mol. The number of benzene rings is 1. The molecule has 1 aromatic carbocycles. The molecule has 0 bridgehead atoms. The fourth-order valence-electron chi connectivity index (χ4n) is 1.78. The molecule has 2 aromatic rings. The number of hydrogen-bond acceptors (Lipinski definition) is 4. The number of hydrogen-bond donors (Lipinski definition) is 2. The fourth-order valence-corrected chi connectivity index (χ4v) is 1.78. The number of rotatable bonds is 6. The van der Waals surface area contributed by atoms with E-state index < -0.39 is 0 Å². The third-order valence-corrected chi connectivity index (χ3v) is 2.81. The molecule has 0 atom stereocenters. The van der Waals surface area contributed by atoms with Crippen LogP contribution < -0.4 is 10.6 Å². The summed E-state index contributed by atoms with van der Waals surface area (Å²) < 4.78 is 1.71. The molecule has 7 heteroatoms. The molecule has 0 aliphatic heterocycles. The van der Waals surface area contributed by atoms with E-state index in [0.717, 1.165) is 5.56 Å². The van der Waals surface area contributed by atoms with Crippen LogP contribution in [0.2, 0.25) is 0 Å². The molecule has 0 saturated carbocycles. The minimum absolute atomic E-state index is 0.110. The highest BCUT2D eigenvalue weighted by atomic mass is 16.2. The Hall–Kier alpha value is -2.70. The summed E-state index contributed by atoms with van der Waals surface area (Å²) in [5.41, 5.74) is 1.62. The third kappa shape index (κ3) is 4.72. The van der Waals surface area contributed by atoms with Crippen LogP contribution in [0.15, 0.2) is 36.9 Å². The molecular formula is C14H17N5O2. The van der Waals surface area contributed by atoms with E-state index in [1.165, 1.54) is 13.3 Å². The molecule has 21 heavy (non-hydrogen) atoms. The van der Waals surface area contributed by atoms with Gasteiger partial charge in [-0.3, -0.25) is 9.59 Å². The van der Waals surface area contributed by atoms with Crippen LogP contribution in [0.5, 0.6) is 0 Å². The maximum absolute atomic E-state index is 11.9. The standard InChI is InChI=1S/C14H17N5O2/c1-11(20)16-6-7-17-14(21)13-4-2-12(3-5-13)8-19-10-15-9-18-19/h2-5,9-10H,6-8H2,1H3,(H,16,20)(H,17,21). The Labute approximate surface area is 122 Å². The van der Waals surface area contributed by atoms with Crippen LogP contribution in [0.4, 0.5) is 0 Å². The van der Waals surface area contributed by atoms with Crippen molar-refractivity contribution in [2.24, 2.45) is 0 Å². The zero-order chi connectivity index (χ0) is 15.1. The first-order valence-electron chi connectivity index (χ1n) is 6.59. The molecule has 2 amide bonds. The SMILES string of the molecule is CC(=O)NCCNC(=O)c1ccc(Cn2cncn2)cc1. The van der Waals surface area contributed by atoms with Crippen LogP contribution in [0.1, 0.15) is 22.8 Å². The van der Waals surface area contributed by atoms with Crippen molar-refractivity contribution in [3.63, 3.8) is 0 Å². The summed E-state index contributed by atoms with van der Waals surface area (Å²) in [6.45, 7) is 2.88. The second-order valence-electron chi connectivity index (χ2n) is 4.53. The van der Waals surface area contributed by atoms with E-state index in [9.17, 15) is 9.59 Å². The largest absolute Gasteiger partial charge is 0.355 e. The minimum Gasteiger partial charge on any atom is -0.355 e. The second kappa shape index (κ2) is 7.18. The lowest BCUT2D eigenvalue weighted by Gasteiger charge is -2.07. The van der Waals surface area contributed by atoms with E-state index in [-0.39, 0.29) is 11.8 Å². The molecule has 1 heterocycles. The van der Waals surface area contributed by atoms with Gasteiger partial charge >= 0.3 is 0 Å². The van der Waals surface area contributed by atoms with Gasteiger partial charge in [0.2, 0.25) is 5.91 Å². The molecule has 0 aliphatic rings. The minimum atomic E-state index is -0.160. The van der Waals surface area contributed by atoms with Crippen LogP contribution in [0, 0.1) is 0 Å². The highest BCUT2D eigenvalue weighted by Crippen LogP contribution is 2.05. The molecular weight excluding hydrogens is 270 g/mol. The van der Waals surface area contributed by atoms with E-state index in [2.05, 4.69) is 20.7 Å². The predicted octanol–water partition coefficient (Wildman–Crippen LogP) is 0.192. The normalized spacial score (nSPS) is 10.1. The van der Waals surface area contributed by atoms with Gasteiger partial charge in [-0.1, -0.05) is 12.1 Å². The first-order valence-corrected chi connectivity index (χ1v) is 6.59. The number of nitrogens with one attached hydrogen (secondary N) is 2. The highest BCUT2D eigenvalue weighted by Gasteiger charge is 2.05. The molecule has 0 aliphatic carbocycles. The molecule has 0 saturated heterocycles. The summed E-state index contributed by atoms with van der Waals surface area (Å²) in [6.07, 6.45) is 3.12. The molecule has 0 radical (unpaired) electrons. The van der Waals surface area contributed by atoms with Crippen LogP contribution >= 0.6 is 0 Å². The number of nitrogens with zero attached hydrogens (tertiary/aromatic N) is 3. The van der Waals surface area contributed by atoms with E-state index in [0.29, 0.717) is 25.2 Å². The van der Waals surface area contributed by atoms with Crippen LogP contribution in [0.3, 0.4) is 0 Å². The molecule has 0 fully saturated rings. The van der Waals surface area contributed by atoms with E-state index in [4.69, 9.17) is 0 Å². The van der Waals surface area contributed by atoms with Gasteiger partial charge in [0, 0.05) is 25.6 Å². The topological polar surface area (TPSA) is 88.9 Å². The van der Waals surface area contributed by atoms with Crippen molar-refractivity contribution < 1.29 is 9.59 Å². The summed E-state index contributed by atoms with van der Waals surface area (Å²) in [4.78, 5) is 26.4. The third-order valence-electron chi connectivity index (χ3n) is 2.81. The first kappa shape index (κ1) is 14.7. The molecule has 0 spiro atoms. The van der Waals surface area contributed by atoms with Gasteiger partial charge in [0.1, 0.15) is 12.7 Å². The Balaban J connectivity index is 1.83. The Kier molecular flexibility index (Phi) is 5.03. The molecule has 110 valence electrons. The van der Waals surface area contributed by atoms with Crippen molar-refractivity contribution >= 4 is 11.8 Å². The van der Waals surface area contributed by atoms with E-state index in [1.54, 1.807) is 23.1 Å². The first-order chi connectivity index (χ1) is 10.1. The number of aromatic nitrogens is 3. The Morgan fingerprint density at radius 2 is 1.86 bits per heavy atom. The van der Waals surface area contributed by atoms with Gasteiger partial charge in [-0.15, -0.1) is 0 Å². The lowest BCUT2D eigenvalue weighted by molar-refractivity contribution is -0.118. The monoisotopic (exact) mass is 287 g/mol. The zero-order valence-corrected chi connectivity index (χ0v) is 11.7. The van der Waals surface area contributed by atoms with E-state index in [1.807, 2.05) is 12.1 Å². The van der Waals surface area contributed by atoms with Gasteiger partial charge in [0.05, 0.1) is 6.54 Å². The maximum Gasteiger partial charge on any atom is 0.251 e. The zero-order valence-electron chi connectivity index (χ0n) is 11.7. The number of carbonyl (C=O) groups excluding carboxylic acids is 2. The van der Waals surface area contributed by atoms with Crippen molar-refractivity contribution in [3.05, 3.63) is 48.0 Å². The van der Waals surface area contributed by atoms with Gasteiger partial charge < -0.3 is 10.6 Å². The van der Waals surface area contributed by atoms with Gasteiger partial charge in [-0.2, -0.15) is 5.10 Å². The van der Waals surface area contributed by atoms with Gasteiger partial charge in [-0.25, -0.2) is 9.67 Å². The van der Waals surface area contributed by atoms with Crippen LogP contribution in [0.25, 0.3) is 0 Å². The Morgan fingerprint density at radius 3 is 2.48 bits per heavy atom. The van der Waals surface area contributed by atoms with Crippen molar-refractivity contribution in [2.75, 3.05) is 13.1 Å². The summed E-state index contributed by atoms with van der Waals surface area (Å²) in [7, 11) is 0. The molecule has 2 N–H and O–H groups in total. The molecule has 0 unspecified atom stereocenters. The molecule has 7 nitrogen and oxygen atoms in total. The van der Waals surface area contributed by atoms with Gasteiger partial charge in [0.25, 0.3) is 5.91 Å². The van der Waals surface area contributed by atoms with Crippen LogP contribution in [-0.4, -0.2) is 39.7 Å². The quantitative estimate of drug-likeness (QED) is 0.742. The van der Waals surface area contributed by atoms with Crippen molar-refractivity contribution in [1.82, 2.24) is 25.4 Å². The van der Waals surface area contributed by atoms with Crippen molar-refractivity contribution in [2.45, 2.75) is 13.5 Å². The Bertz CT molecular complexity index is 592.